The van der Waals surface area contributed by atoms with Crippen LogP contribution in [0.3, 0.4) is 0 Å². The summed E-state index contributed by atoms with van der Waals surface area (Å²) in [4.78, 5) is 10.2. The standard InChI is InChI=1S/C15H13N3O2/c1-11(13-5-7-15(8-6-13)18(19)20)17-14-4-2-3-12(9-14)10-16/h2-9,11,17H,1H3. The summed E-state index contributed by atoms with van der Waals surface area (Å²) in [5.41, 5.74) is 2.45. The van der Waals surface area contributed by atoms with E-state index in [9.17, 15) is 10.1 Å². The van der Waals surface area contributed by atoms with Gasteiger partial charge < -0.3 is 5.32 Å². The molecular formula is C15H13N3O2. The summed E-state index contributed by atoms with van der Waals surface area (Å²) < 4.78 is 0. The minimum absolute atomic E-state index is 0.00949. The van der Waals surface area contributed by atoms with Gasteiger partial charge in [-0.1, -0.05) is 18.2 Å². The number of anilines is 1. The van der Waals surface area contributed by atoms with Gasteiger partial charge in [-0.05, 0) is 30.7 Å². The number of nitrogens with zero attached hydrogens (tertiary/aromatic N) is 2. The Labute approximate surface area is 116 Å². The number of hydrogen-bond acceptors (Lipinski definition) is 4. The molecule has 0 radical (unpaired) electrons. The van der Waals surface area contributed by atoms with Gasteiger partial charge in [0.15, 0.2) is 0 Å². The van der Waals surface area contributed by atoms with E-state index >= 15 is 0 Å². The highest BCUT2D eigenvalue weighted by molar-refractivity contribution is 5.50. The fourth-order valence-electron chi connectivity index (χ4n) is 1.90. The number of nitro groups is 1. The van der Waals surface area contributed by atoms with Gasteiger partial charge in [-0.2, -0.15) is 5.26 Å². The zero-order chi connectivity index (χ0) is 14.5. The summed E-state index contributed by atoms with van der Waals surface area (Å²) in [6, 6.07) is 15.7. The van der Waals surface area contributed by atoms with Crippen LogP contribution in [0.1, 0.15) is 24.1 Å². The molecule has 2 aromatic rings. The lowest BCUT2D eigenvalue weighted by Gasteiger charge is -2.15. The largest absolute Gasteiger partial charge is 0.378 e. The van der Waals surface area contributed by atoms with Crippen molar-refractivity contribution < 1.29 is 4.92 Å². The molecule has 2 rings (SSSR count). The van der Waals surface area contributed by atoms with Crippen molar-refractivity contribution >= 4 is 11.4 Å². The van der Waals surface area contributed by atoms with Crippen molar-refractivity contribution in [2.75, 3.05) is 5.32 Å². The van der Waals surface area contributed by atoms with E-state index in [0.717, 1.165) is 11.3 Å². The number of nitriles is 1. The Morgan fingerprint density at radius 2 is 1.95 bits per heavy atom. The Hall–Kier alpha value is -2.87. The number of nitro benzene ring substituents is 1. The second kappa shape index (κ2) is 5.85. The number of benzene rings is 2. The average Bonchev–Trinajstić information content (AvgIpc) is 2.47. The lowest BCUT2D eigenvalue weighted by atomic mass is 10.1. The summed E-state index contributed by atoms with van der Waals surface area (Å²) in [5, 5.41) is 22.7. The molecule has 0 saturated heterocycles. The predicted octanol–water partition coefficient (Wildman–Crippen LogP) is 3.64. The lowest BCUT2D eigenvalue weighted by molar-refractivity contribution is -0.384. The van der Waals surface area contributed by atoms with E-state index < -0.39 is 4.92 Å². The second-order valence-electron chi connectivity index (χ2n) is 4.41. The maximum absolute atomic E-state index is 10.6. The molecular weight excluding hydrogens is 254 g/mol. The molecule has 0 fully saturated rings. The summed E-state index contributed by atoms with van der Waals surface area (Å²) in [6.45, 7) is 1.96. The zero-order valence-corrected chi connectivity index (χ0v) is 10.9. The number of hydrogen-bond donors (Lipinski definition) is 1. The predicted molar refractivity (Wildman–Crippen MR) is 76.3 cm³/mol. The van der Waals surface area contributed by atoms with Gasteiger partial charge in [0.2, 0.25) is 0 Å². The highest BCUT2D eigenvalue weighted by atomic mass is 16.6. The quantitative estimate of drug-likeness (QED) is 0.677. The highest BCUT2D eigenvalue weighted by Crippen LogP contribution is 2.22. The first-order valence-electron chi connectivity index (χ1n) is 6.11. The van der Waals surface area contributed by atoms with Gasteiger partial charge in [-0.15, -0.1) is 0 Å². The van der Waals surface area contributed by atoms with E-state index in [0.29, 0.717) is 5.56 Å². The van der Waals surface area contributed by atoms with Gasteiger partial charge in [0.25, 0.3) is 5.69 Å². The monoisotopic (exact) mass is 267 g/mol. The van der Waals surface area contributed by atoms with Crippen molar-refractivity contribution in [3.63, 3.8) is 0 Å². The van der Waals surface area contributed by atoms with Crippen molar-refractivity contribution in [3.05, 3.63) is 69.8 Å². The molecule has 0 bridgehead atoms. The Balaban J connectivity index is 2.13. The zero-order valence-electron chi connectivity index (χ0n) is 10.9. The van der Waals surface area contributed by atoms with E-state index in [1.807, 2.05) is 19.1 Å². The van der Waals surface area contributed by atoms with E-state index in [1.165, 1.54) is 12.1 Å². The third-order valence-electron chi connectivity index (χ3n) is 2.98. The first kappa shape index (κ1) is 13.6. The first-order chi connectivity index (χ1) is 9.60. The minimum atomic E-state index is -0.418. The van der Waals surface area contributed by atoms with Crippen LogP contribution in [0.15, 0.2) is 48.5 Å². The number of nitrogens with one attached hydrogen (secondary N) is 1. The maximum Gasteiger partial charge on any atom is 0.269 e. The highest BCUT2D eigenvalue weighted by Gasteiger charge is 2.09. The van der Waals surface area contributed by atoms with Crippen molar-refractivity contribution in [1.29, 1.82) is 5.26 Å². The van der Waals surface area contributed by atoms with E-state index in [1.54, 1.807) is 24.3 Å². The summed E-state index contributed by atoms with van der Waals surface area (Å²) in [5.74, 6) is 0. The van der Waals surface area contributed by atoms with Crippen LogP contribution in [0.2, 0.25) is 0 Å². The SMILES string of the molecule is CC(Nc1cccc(C#N)c1)c1ccc([N+](=O)[O-])cc1. The van der Waals surface area contributed by atoms with Gasteiger partial charge in [0.1, 0.15) is 0 Å². The van der Waals surface area contributed by atoms with Gasteiger partial charge >= 0.3 is 0 Å². The van der Waals surface area contributed by atoms with Gasteiger partial charge in [-0.25, -0.2) is 0 Å². The Morgan fingerprint density at radius 3 is 2.55 bits per heavy atom. The van der Waals surface area contributed by atoms with Crippen LogP contribution < -0.4 is 5.32 Å². The van der Waals surface area contributed by atoms with Crippen LogP contribution in [-0.4, -0.2) is 4.92 Å². The molecule has 1 atom stereocenters. The summed E-state index contributed by atoms with van der Waals surface area (Å²) >= 11 is 0. The summed E-state index contributed by atoms with van der Waals surface area (Å²) in [7, 11) is 0. The molecule has 5 nitrogen and oxygen atoms in total. The average molecular weight is 267 g/mol. The van der Waals surface area contributed by atoms with Gasteiger partial charge in [-0.3, -0.25) is 10.1 Å². The summed E-state index contributed by atoms with van der Waals surface area (Å²) in [6.07, 6.45) is 0. The Kier molecular flexibility index (Phi) is 3.96. The molecule has 0 aliphatic rings. The van der Waals surface area contributed by atoms with E-state index in [-0.39, 0.29) is 11.7 Å². The molecule has 0 aliphatic heterocycles. The lowest BCUT2D eigenvalue weighted by Crippen LogP contribution is -2.06. The van der Waals surface area contributed by atoms with Crippen LogP contribution in [0.25, 0.3) is 0 Å². The van der Waals surface area contributed by atoms with Crippen LogP contribution in [-0.2, 0) is 0 Å². The van der Waals surface area contributed by atoms with Crippen molar-refractivity contribution in [2.24, 2.45) is 0 Å². The topological polar surface area (TPSA) is 79.0 Å². The number of non-ortho nitro benzene ring substituents is 1. The normalized spacial score (nSPS) is 11.4. The molecule has 0 saturated carbocycles. The molecule has 1 N–H and O–H groups in total. The van der Waals surface area contributed by atoms with Crippen LogP contribution in [0.4, 0.5) is 11.4 Å². The second-order valence-corrected chi connectivity index (χ2v) is 4.41. The first-order valence-corrected chi connectivity index (χ1v) is 6.11. The maximum atomic E-state index is 10.6. The van der Waals surface area contributed by atoms with Crippen molar-refractivity contribution in [3.8, 4) is 6.07 Å². The molecule has 1 unspecified atom stereocenters. The molecule has 0 heterocycles. The number of rotatable bonds is 4. The molecule has 0 amide bonds. The molecule has 0 aromatic heterocycles. The van der Waals surface area contributed by atoms with Crippen LogP contribution in [0, 0.1) is 21.4 Å². The third-order valence-corrected chi connectivity index (χ3v) is 2.98. The Morgan fingerprint density at radius 1 is 1.25 bits per heavy atom. The van der Waals surface area contributed by atoms with E-state index in [2.05, 4.69) is 11.4 Å². The van der Waals surface area contributed by atoms with Gasteiger partial charge in [0, 0.05) is 23.9 Å². The fourth-order valence-corrected chi connectivity index (χ4v) is 1.90. The van der Waals surface area contributed by atoms with E-state index in [4.69, 9.17) is 5.26 Å². The van der Waals surface area contributed by atoms with Gasteiger partial charge in [0.05, 0.1) is 16.6 Å². The van der Waals surface area contributed by atoms with Crippen molar-refractivity contribution in [1.82, 2.24) is 0 Å². The minimum Gasteiger partial charge on any atom is -0.378 e. The molecule has 100 valence electrons. The van der Waals surface area contributed by atoms with Crippen molar-refractivity contribution in [2.45, 2.75) is 13.0 Å². The Bertz CT molecular complexity index is 660. The molecule has 0 spiro atoms. The molecule has 0 aliphatic carbocycles. The molecule has 20 heavy (non-hydrogen) atoms. The van der Waals surface area contributed by atoms with Crippen LogP contribution in [0.5, 0.6) is 0 Å². The fraction of sp³-hybridized carbons (Fsp3) is 0.133. The molecule has 2 aromatic carbocycles. The smallest absolute Gasteiger partial charge is 0.269 e. The molecule has 5 heteroatoms. The van der Waals surface area contributed by atoms with Crippen LogP contribution >= 0.6 is 0 Å². The third kappa shape index (κ3) is 3.12.